The fraction of sp³-hybridized carbons (Fsp3) is 0.435. The second kappa shape index (κ2) is 13.6. The van der Waals surface area contributed by atoms with Crippen LogP contribution in [-0.4, -0.2) is 40.1 Å². The summed E-state index contributed by atoms with van der Waals surface area (Å²) in [6.45, 7) is 8.66. The number of hydrogen-bond donors (Lipinski definition) is 3. The molecule has 0 heterocycles. The smallest absolute Gasteiger partial charge is 0.216 e. The van der Waals surface area contributed by atoms with Gasteiger partial charge >= 0.3 is 0 Å². The molecule has 3 N–H and O–H groups in total. The highest BCUT2D eigenvalue weighted by Gasteiger charge is 2.15. The first-order valence-electron chi connectivity index (χ1n) is 10.4. The van der Waals surface area contributed by atoms with Crippen molar-refractivity contribution in [3.63, 3.8) is 0 Å². The van der Waals surface area contributed by atoms with Gasteiger partial charge in [-0.15, -0.1) is 24.0 Å². The number of halogens is 1. The Morgan fingerprint density at radius 2 is 1.62 bits per heavy atom. The van der Waals surface area contributed by atoms with E-state index in [0.717, 1.165) is 22.4 Å². The molecule has 2 aromatic rings. The Morgan fingerprint density at radius 3 is 2.25 bits per heavy atom. The van der Waals surface area contributed by atoms with E-state index in [1.54, 1.807) is 7.05 Å². The molecule has 0 aliphatic carbocycles. The third-order valence-corrected chi connectivity index (χ3v) is 6.05. The lowest BCUT2D eigenvalue weighted by Gasteiger charge is -2.19. The predicted molar refractivity (Wildman–Crippen MR) is 142 cm³/mol. The van der Waals surface area contributed by atoms with Gasteiger partial charge in [-0.1, -0.05) is 42.5 Å². The summed E-state index contributed by atoms with van der Waals surface area (Å²) < 4.78 is 33.3. The lowest BCUT2D eigenvalue weighted by molar-refractivity contribution is 0.222. The van der Waals surface area contributed by atoms with Crippen LogP contribution in [0.1, 0.15) is 37.5 Å². The molecule has 2 rings (SSSR count). The number of sulfonamides is 1. The molecule has 0 fully saturated rings. The van der Waals surface area contributed by atoms with Crippen LogP contribution in [0, 0.1) is 6.92 Å². The van der Waals surface area contributed by atoms with Gasteiger partial charge in [0, 0.05) is 19.6 Å². The van der Waals surface area contributed by atoms with Crippen molar-refractivity contribution in [1.82, 2.24) is 15.4 Å². The molecule has 2 aromatic carbocycles. The highest BCUT2D eigenvalue weighted by atomic mass is 127. The Bertz CT molecular complexity index is 981. The second-order valence-corrected chi connectivity index (χ2v) is 9.55. The van der Waals surface area contributed by atoms with Gasteiger partial charge in [-0.05, 0) is 50.5 Å². The first kappa shape index (κ1) is 28.2. The minimum absolute atomic E-state index is 0. The number of aliphatic imine (C=N–C) groups is 1. The van der Waals surface area contributed by atoms with E-state index in [-0.39, 0.29) is 41.9 Å². The van der Waals surface area contributed by atoms with Crippen LogP contribution in [0.5, 0.6) is 5.75 Å². The van der Waals surface area contributed by atoms with Crippen LogP contribution >= 0.6 is 24.0 Å². The van der Waals surface area contributed by atoms with Crippen LogP contribution in [0.3, 0.4) is 0 Å². The van der Waals surface area contributed by atoms with Gasteiger partial charge in [-0.3, -0.25) is 4.99 Å². The Hall–Kier alpha value is -1.85. The van der Waals surface area contributed by atoms with E-state index < -0.39 is 10.0 Å². The number of ether oxygens (including phenoxy) is 1. The number of hydrogen-bond acceptors (Lipinski definition) is 4. The molecule has 0 radical (unpaired) electrons. The third kappa shape index (κ3) is 9.74. The fourth-order valence-corrected chi connectivity index (χ4v) is 4.56. The molecule has 1 atom stereocenters. The molecule has 9 heteroatoms. The minimum atomic E-state index is -3.40. The van der Waals surface area contributed by atoms with Crippen LogP contribution in [-0.2, 0) is 22.3 Å². The summed E-state index contributed by atoms with van der Waals surface area (Å²) in [6, 6.07) is 15.3. The summed E-state index contributed by atoms with van der Waals surface area (Å²) in [5.74, 6) is 1.43. The first-order valence-corrected chi connectivity index (χ1v) is 12.1. The molecule has 0 saturated heterocycles. The van der Waals surface area contributed by atoms with Gasteiger partial charge in [-0.2, -0.15) is 0 Å². The Morgan fingerprint density at radius 1 is 1.00 bits per heavy atom. The average molecular weight is 575 g/mol. The summed E-state index contributed by atoms with van der Waals surface area (Å²) in [6.07, 6.45) is -0.0563. The van der Waals surface area contributed by atoms with Crippen LogP contribution in [0.4, 0.5) is 0 Å². The SMILES string of the molecule is CN=C(NCc1ccccc1CS(=O)(=O)NC(C)C)NCC(C)Oc1ccccc1C.I. The van der Waals surface area contributed by atoms with Crippen LogP contribution < -0.4 is 20.1 Å². The van der Waals surface area contributed by atoms with E-state index in [2.05, 4.69) is 20.3 Å². The lowest BCUT2D eigenvalue weighted by Crippen LogP contribution is -2.41. The topological polar surface area (TPSA) is 91.8 Å². The zero-order valence-corrected chi connectivity index (χ0v) is 22.5. The van der Waals surface area contributed by atoms with Crippen molar-refractivity contribution >= 4 is 40.0 Å². The quantitative estimate of drug-likeness (QED) is 0.229. The molecule has 0 amide bonds. The molecule has 7 nitrogen and oxygen atoms in total. The molecule has 178 valence electrons. The lowest BCUT2D eigenvalue weighted by atomic mass is 10.1. The molecule has 0 aliphatic rings. The fourth-order valence-electron chi connectivity index (χ4n) is 3.06. The maximum absolute atomic E-state index is 12.3. The largest absolute Gasteiger partial charge is 0.489 e. The predicted octanol–water partition coefficient (Wildman–Crippen LogP) is 3.57. The van der Waals surface area contributed by atoms with E-state index in [1.165, 1.54) is 0 Å². The summed E-state index contributed by atoms with van der Waals surface area (Å²) in [5, 5.41) is 6.51. The van der Waals surface area contributed by atoms with E-state index in [9.17, 15) is 8.42 Å². The van der Waals surface area contributed by atoms with E-state index >= 15 is 0 Å². The van der Waals surface area contributed by atoms with Crippen molar-refractivity contribution in [1.29, 1.82) is 0 Å². The van der Waals surface area contributed by atoms with Crippen molar-refractivity contribution in [3.05, 3.63) is 65.2 Å². The van der Waals surface area contributed by atoms with Crippen molar-refractivity contribution in [2.45, 2.75) is 52.1 Å². The second-order valence-electron chi connectivity index (χ2n) is 7.80. The molecule has 0 spiro atoms. The maximum Gasteiger partial charge on any atom is 0.216 e. The van der Waals surface area contributed by atoms with E-state index in [1.807, 2.05) is 76.2 Å². The molecule has 0 aromatic heterocycles. The minimum Gasteiger partial charge on any atom is -0.489 e. The Balaban J connectivity index is 0.00000512. The Kier molecular flexibility index (Phi) is 12.0. The van der Waals surface area contributed by atoms with Crippen molar-refractivity contribution < 1.29 is 13.2 Å². The number of benzene rings is 2. The van der Waals surface area contributed by atoms with Gasteiger partial charge in [-0.25, -0.2) is 13.1 Å². The molecular formula is C23H35IN4O3S. The van der Waals surface area contributed by atoms with Gasteiger partial charge in [0.25, 0.3) is 0 Å². The highest BCUT2D eigenvalue weighted by Crippen LogP contribution is 2.17. The number of rotatable bonds is 10. The average Bonchev–Trinajstić information content (AvgIpc) is 2.69. The van der Waals surface area contributed by atoms with Crippen LogP contribution in [0.15, 0.2) is 53.5 Å². The highest BCUT2D eigenvalue weighted by molar-refractivity contribution is 14.0. The zero-order chi connectivity index (χ0) is 22.9. The van der Waals surface area contributed by atoms with Crippen LogP contribution in [0.2, 0.25) is 0 Å². The monoisotopic (exact) mass is 574 g/mol. The Labute approximate surface area is 209 Å². The van der Waals surface area contributed by atoms with Gasteiger partial charge in [0.2, 0.25) is 10.0 Å². The summed E-state index contributed by atoms with van der Waals surface area (Å²) >= 11 is 0. The van der Waals surface area contributed by atoms with Gasteiger partial charge < -0.3 is 15.4 Å². The number of para-hydroxylation sites is 1. The third-order valence-electron chi connectivity index (χ3n) is 4.53. The van der Waals surface area contributed by atoms with Crippen molar-refractivity contribution in [2.24, 2.45) is 4.99 Å². The summed E-state index contributed by atoms with van der Waals surface area (Å²) in [5.41, 5.74) is 2.76. The standard InChI is InChI=1S/C23H34N4O3S.HI/c1-17(2)27-31(28,29)16-21-12-8-7-11-20(21)15-26-23(24-5)25-14-19(4)30-22-13-9-6-10-18(22)3;/h6-13,17,19,27H,14-16H2,1-5H3,(H2,24,25,26);1H. The molecular weight excluding hydrogens is 539 g/mol. The van der Waals surface area contributed by atoms with Crippen molar-refractivity contribution in [3.8, 4) is 5.75 Å². The molecule has 0 saturated carbocycles. The van der Waals surface area contributed by atoms with Gasteiger partial charge in [0.05, 0.1) is 12.3 Å². The number of aryl methyl sites for hydroxylation is 1. The number of nitrogens with zero attached hydrogens (tertiary/aromatic N) is 1. The van der Waals surface area contributed by atoms with Gasteiger partial charge in [0.1, 0.15) is 11.9 Å². The molecule has 1 unspecified atom stereocenters. The van der Waals surface area contributed by atoms with Gasteiger partial charge in [0.15, 0.2) is 5.96 Å². The summed E-state index contributed by atoms with van der Waals surface area (Å²) in [7, 11) is -1.70. The molecule has 0 aliphatic heterocycles. The number of nitrogens with one attached hydrogen (secondary N) is 3. The molecule has 32 heavy (non-hydrogen) atoms. The first-order chi connectivity index (χ1) is 14.7. The van der Waals surface area contributed by atoms with Crippen molar-refractivity contribution in [2.75, 3.05) is 13.6 Å². The van der Waals surface area contributed by atoms with E-state index in [0.29, 0.717) is 19.0 Å². The summed E-state index contributed by atoms with van der Waals surface area (Å²) in [4.78, 5) is 4.25. The normalized spacial score (nSPS) is 12.8. The molecule has 0 bridgehead atoms. The maximum atomic E-state index is 12.3. The number of guanidine groups is 1. The zero-order valence-electron chi connectivity index (χ0n) is 19.4. The van der Waals surface area contributed by atoms with Crippen LogP contribution in [0.25, 0.3) is 0 Å². The van der Waals surface area contributed by atoms with E-state index in [4.69, 9.17) is 4.74 Å².